The van der Waals surface area contributed by atoms with E-state index in [0.29, 0.717) is 6.61 Å². The molecule has 2 rings (SSSR count). The van der Waals surface area contributed by atoms with Crippen molar-refractivity contribution in [1.82, 2.24) is 0 Å². The summed E-state index contributed by atoms with van der Waals surface area (Å²) in [5.41, 5.74) is 7.13. The molecule has 0 aromatic heterocycles. The normalized spacial score (nSPS) is 14.8. The monoisotopic (exact) mass is 234 g/mol. The van der Waals surface area contributed by atoms with Crippen molar-refractivity contribution < 1.29 is 9.47 Å². The van der Waals surface area contributed by atoms with E-state index in [4.69, 9.17) is 9.47 Å². The van der Waals surface area contributed by atoms with Crippen LogP contribution in [-0.2, 0) is 35.5 Å². The minimum absolute atomic E-state index is 0.704. The van der Waals surface area contributed by atoms with Gasteiger partial charge in [-0.25, -0.2) is 0 Å². The van der Waals surface area contributed by atoms with Gasteiger partial charge in [0.15, 0.2) is 0 Å². The smallest absolute Gasteiger partial charge is 0.0718 e. The van der Waals surface area contributed by atoms with Gasteiger partial charge in [0.1, 0.15) is 0 Å². The number of rotatable bonds is 4. The lowest BCUT2D eigenvalue weighted by Gasteiger charge is -2.23. The van der Waals surface area contributed by atoms with Gasteiger partial charge >= 0.3 is 0 Å². The van der Waals surface area contributed by atoms with Gasteiger partial charge in [-0.15, -0.1) is 0 Å². The van der Waals surface area contributed by atoms with Crippen molar-refractivity contribution in [2.45, 2.75) is 45.8 Å². The van der Waals surface area contributed by atoms with Gasteiger partial charge in [0.2, 0.25) is 0 Å². The SMILES string of the molecule is COCc1cc2c(c(COC)c1C)CCCC2. The van der Waals surface area contributed by atoms with Crippen LogP contribution in [0.25, 0.3) is 0 Å². The van der Waals surface area contributed by atoms with Crippen molar-refractivity contribution in [2.24, 2.45) is 0 Å². The molecule has 2 heteroatoms. The Labute approximate surface area is 104 Å². The fourth-order valence-corrected chi connectivity index (χ4v) is 2.82. The number of benzene rings is 1. The zero-order chi connectivity index (χ0) is 12.3. The summed E-state index contributed by atoms with van der Waals surface area (Å²) in [5.74, 6) is 0. The number of ether oxygens (including phenoxy) is 2. The summed E-state index contributed by atoms with van der Waals surface area (Å²) >= 11 is 0. The molecule has 0 fully saturated rings. The summed E-state index contributed by atoms with van der Waals surface area (Å²) in [4.78, 5) is 0. The van der Waals surface area contributed by atoms with E-state index in [1.165, 1.54) is 53.5 Å². The third-order valence-electron chi connectivity index (χ3n) is 3.75. The summed E-state index contributed by atoms with van der Waals surface area (Å²) in [6.45, 7) is 3.62. The Morgan fingerprint density at radius 2 is 1.76 bits per heavy atom. The molecule has 2 nitrogen and oxygen atoms in total. The maximum absolute atomic E-state index is 5.37. The van der Waals surface area contributed by atoms with E-state index in [1.807, 2.05) is 0 Å². The summed E-state index contributed by atoms with van der Waals surface area (Å²) < 4.78 is 10.7. The van der Waals surface area contributed by atoms with Crippen LogP contribution < -0.4 is 0 Å². The lowest BCUT2D eigenvalue weighted by molar-refractivity contribution is 0.178. The Balaban J connectivity index is 2.47. The van der Waals surface area contributed by atoms with Crippen molar-refractivity contribution in [1.29, 1.82) is 0 Å². The Hall–Kier alpha value is -0.860. The molecule has 0 unspecified atom stereocenters. The third kappa shape index (κ3) is 2.53. The van der Waals surface area contributed by atoms with Crippen LogP contribution in [0.1, 0.15) is 40.7 Å². The lowest BCUT2D eigenvalue weighted by Crippen LogP contribution is -2.11. The first kappa shape index (κ1) is 12.6. The molecule has 0 saturated heterocycles. The van der Waals surface area contributed by atoms with Crippen LogP contribution in [-0.4, -0.2) is 14.2 Å². The average Bonchev–Trinajstić information content (AvgIpc) is 2.35. The van der Waals surface area contributed by atoms with Gasteiger partial charge in [0.25, 0.3) is 0 Å². The molecule has 0 heterocycles. The van der Waals surface area contributed by atoms with Crippen LogP contribution in [0.5, 0.6) is 0 Å². The predicted octanol–water partition coefficient (Wildman–Crippen LogP) is 3.17. The number of methoxy groups -OCH3 is 2. The second-order valence-electron chi connectivity index (χ2n) is 4.85. The van der Waals surface area contributed by atoms with Crippen LogP contribution >= 0.6 is 0 Å². The molecular formula is C15H22O2. The van der Waals surface area contributed by atoms with E-state index < -0.39 is 0 Å². The summed E-state index contributed by atoms with van der Waals surface area (Å²) in [5, 5.41) is 0. The molecular weight excluding hydrogens is 212 g/mol. The lowest BCUT2D eigenvalue weighted by atomic mass is 9.84. The summed E-state index contributed by atoms with van der Waals surface area (Å²) in [6.07, 6.45) is 5.05. The largest absolute Gasteiger partial charge is 0.380 e. The minimum atomic E-state index is 0.704. The number of aryl methyl sites for hydroxylation is 1. The highest BCUT2D eigenvalue weighted by Gasteiger charge is 2.17. The molecule has 0 N–H and O–H groups in total. The summed E-state index contributed by atoms with van der Waals surface area (Å²) in [6, 6.07) is 2.34. The van der Waals surface area contributed by atoms with Crippen molar-refractivity contribution in [3.8, 4) is 0 Å². The van der Waals surface area contributed by atoms with Gasteiger partial charge in [0, 0.05) is 14.2 Å². The molecule has 0 amide bonds. The quantitative estimate of drug-likeness (QED) is 0.796. The predicted molar refractivity (Wildman–Crippen MR) is 69.2 cm³/mol. The van der Waals surface area contributed by atoms with E-state index in [-0.39, 0.29) is 0 Å². The number of fused-ring (bicyclic) bond motifs is 1. The number of hydrogen-bond donors (Lipinski definition) is 0. The Kier molecular flexibility index (Phi) is 4.19. The topological polar surface area (TPSA) is 18.5 Å². The van der Waals surface area contributed by atoms with Crippen molar-refractivity contribution >= 4 is 0 Å². The zero-order valence-corrected chi connectivity index (χ0v) is 11.1. The van der Waals surface area contributed by atoms with E-state index in [0.717, 1.165) is 6.61 Å². The van der Waals surface area contributed by atoms with Gasteiger partial charge in [-0.2, -0.15) is 0 Å². The van der Waals surface area contributed by atoms with Crippen LogP contribution in [0.3, 0.4) is 0 Å². The molecule has 1 aliphatic carbocycles. The maximum Gasteiger partial charge on any atom is 0.0718 e. The van der Waals surface area contributed by atoms with Gasteiger partial charge in [-0.05, 0) is 60.4 Å². The fourth-order valence-electron chi connectivity index (χ4n) is 2.82. The highest BCUT2D eigenvalue weighted by atomic mass is 16.5. The van der Waals surface area contributed by atoms with E-state index in [1.54, 1.807) is 14.2 Å². The average molecular weight is 234 g/mol. The van der Waals surface area contributed by atoms with Crippen LogP contribution in [0.4, 0.5) is 0 Å². The van der Waals surface area contributed by atoms with E-state index >= 15 is 0 Å². The van der Waals surface area contributed by atoms with E-state index in [2.05, 4.69) is 13.0 Å². The van der Waals surface area contributed by atoms with Gasteiger partial charge in [-0.3, -0.25) is 0 Å². The molecule has 0 saturated carbocycles. The Morgan fingerprint density at radius 3 is 2.47 bits per heavy atom. The van der Waals surface area contributed by atoms with Crippen molar-refractivity contribution in [3.05, 3.63) is 33.9 Å². The van der Waals surface area contributed by atoms with Gasteiger partial charge in [0.05, 0.1) is 13.2 Å². The van der Waals surface area contributed by atoms with Crippen molar-refractivity contribution in [2.75, 3.05) is 14.2 Å². The molecule has 0 atom stereocenters. The molecule has 1 aromatic carbocycles. The minimum Gasteiger partial charge on any atom is -0.380 e. The first-order valence-corrected chi connectivity index (χ1v) is 6.39. The molecule has 0 bridgehead atoms. The highest BCUT2D eigenvalue weighted by Crippen LogP contribution is 2.30. The molecule has 17 heavy (non-hydrogen) atoms. The van der Waals surface area contributed by atoms with Gasteiger partial charge < -0.3 is 9.47 Å². The van der Waals surface area contributed by atoms with Crippen LogP contribution in [0.2, 0.25) is 0 Å². The van der Waals surface area contributed by atoms with Crippen LogP contribution in [0.15, 0.2) is 6.07 Å². The standard InChI is InChI=1S/C15H22O2/c1-11-13(9-16-2)8-12-6-4-5-7-14(12)15(11)10-17-3/h8H,4-7,9-10H2,1-3H3. The molecule has 1 aromatic rings. The second-order valence-corrected chi connectivity index (χ2v) is 4.85. The summed E-state index contributed by atoms with van der Waals surface area (Å²) in [7, 11) is 3.53. The second kappa shape index (κ2) is 5.65. The van der Waals surface area contributed by atoms with Crippen molar-refractivity contribution in [3.63, 3.8) is 0 Å². The fraction of sp³-hybridized carbons (Fsp3) is 0.600. The molecule has 0 spiro atoms. The first-order chi connectivity index (χ1) is 8.27. The highest BCUT2D eigenvalue weighted by molar-refractivity contribution is 5.46. The molecule has 0 aliphatic heterocycles. The molecule has 0 radical (unpaired) electrons. The van der Waals surface area contributed by atoms with Gasteiger partial charge in [-0.1, -0.05) is 6.07 Å². The maximum atomic E-state index is 5.37. The molecule has 1 aliphatic rings. The first-order valence-electron chi connectivity index (χ1n) is 6.39. The van der Waals surface area contributed by atoms with Crippen LogP contribution in [0, 0.1) is 6.92 Å². The zero-order valence-electron chi connectivity index (χ0n) is 11.1. The Morgan fingerprint density at radius 1 is 1.06 bits per heavy atom. The number of hydrogen-bond acceptors (Lipinski definition) is 2. The van der Waals surface area contributed by atoms with E-state index in [9.17, 15) is 0 Å². The molecule has 94 valence electrons. The third-order valence-corrected chi connectivity index (χ3v) is 3.75. The Bertz CT molecular complexity index is 396.